The zero-order chi connectivity index (χ0) is 73.2. The van der Waals surface area contributed by atoms with Gasteiger partial charge in [0.25, 0.3) is 0 Å². The van der Waals surface area contributed by atoms with Gasteiger partial charge in [0.05, 0.1) is 38.6 Å². The van der Waals surface area contributed by atoms with Crippen LogP contribution in [0, 0.1) is 0 Å². The molecule has 0 bridgehead atoms. The van der Waals surface area contributed by atoms with Gasteiger partial charge in [0.2, 0.25) is 5.91 Å². The molecule has 19 heteroatoms. The van der Waals surface area contributed by atoms with E-state index in [0.29, 0.717) is 12.8 Å². The quantitative estimate of drug-likeness (QED) is 0.0199. The molecule has 0 aromatic rings. The van der Waals surface area contributed by atoms with Crippen LogP contribution in [0.4, 0.5) is 0 Å². The molecule has 0 radical (unpaired) electrons. The standard InChI is InChI=1S/C82H147NO18/c1-3-5-7-9-11-13-15-17-19-21-23-25-27-29-30-31-32-33-34-36-37-39-41-43-45-47-49-51-53-55-57-59-66(87)65(83-70(88)60-58-56-54-52-50-48-46-44-42-40-38-35-28-26-24-22-20-18-16-14-12-10-8-6-4-2)64-96-80-76(94)73(91)78(68(62-85)98-80)101-82-77(95)74(92)79(69(63-86)99-82)100-81-75(93)72(90)71(89)67(61-84)97-81/h16,18,22,24,28,35,41,43,49,51,57,59,65-69,71-82,84-87,89-95H,3-15,17,19-21,23,25-27,29-34,36-40,42,44-48,50,52-56,58,60-64H2,1-2H3,(H,83,88)/b18-16-,24-22-,35-28-,43-41+,51-49+,59-57+. The molecule has 0 spiro atoms. The second kappa shape index (κ2) is 62.3. The summed E-state index contributed by atoms with van der Waals surface area (Å²) in [6.07, 6.45) is 54.6. The van der Waals surface area contributed by atoms with Crippen molar-refractivity contribution < 1.29 is 89.4 Å². The van der Waals surface area contributed by atoms with E-state index in [9.17, 15) is 61.0 Å². The van der Waals surface area contributed by atoms with Crippen LogP contribution in [0.1, 0.15) is 309 Å². The van der Waals surface area contributed by atoms with E-state index in [1.165, 1.54) is 205 Å². The molecule has 3 aliphatic heterocycles. The maximum absolute atomic E-state index is 13.5. The van der Waals surface area contributed by atoms with Crippen molar-refractivity contribution in [1.29, 1.82) is 0 Å². The fraction of sp³-hybridized carbons (Fsp3) is 0.841. The molecule has 3 saturated heterocycles. The van der Waals surface area contributed by atoms with Crippen LogP contribution in [-0.2, 0) is 33.2 Å². The number of nitrogens with one attached hydrogen (secondary N) is 1. The summed E-state index contributed by atoms with van der Waals surface area (Å²) in [6.45, 7) is 1.73. The SMILES string of the molecule is CCCCCCC/C=C\C/C=C\C/C=C\CCCCCCCCCCCCC(=O)NC(COC1OC(CO)C(OC2OC(CO)C(OC3OC(CO)C(O)C(O)C3O)C(O)C2O)C(O)C1O)C(O)/C=C/CC/C=C/CC/C=C/CCCCCCCCCCCCCCCCCCCCCCC. The predicted octanol–water partition coefficient (Wildman–Crippen LogP) is 13.6. The number of hydrogen-bond donors (Lipinski definition) is 12. The number of amides is 1. The minimum absolute atomic E-state index is 0.225. The second-order valence-electron chi connectivity index (χ2n) is 28.9. The Morgan fingerprint density at radius 2 is 0.663 bits per heavy atom. The van der Waals surface area contributed by atoms with Crippen LogP contribution in [0.2, 0.25) is 0 Å². The van der Waals surface area contributed by atoms with Crippen molar-refractivity contribution in [1.82, 2.24) is 5.32 Å². The number of hydrogen-bond acceptors (Lipinski definition) is 18. The third-order valence-corrected chi connectivity index (χ3v) is 20.0. The van der Waals surface area contributed by atoms with Gasteiger partial charge in [-0.2, -0.15) is 0 Å². The number of allylic oxidation sites excluding steroid dienone is 11. The van der Waals surface area contributed by atoms with E-state index in [1.54, 1.807) is 6.08 Å². The van der Waals surface area contributed by atoms with Crippen LogP contribution in [0.25, 0.3) is 0 Å². The van der Waals surface area contributed by atoms with Gasteiger partial charge >= 0.3 is 0 Å². The van der Waals surface area contributed by atoms with Gasteiger partial charge in [-0.15, -0.1) is 0 Å². The Labute approximate surface area is 610 Å². The van der Waals surface area contributed by atoms with Crippen molar-refractivity contribution in [3.8, 4) is 0 Å². The Morgan fingerprint density at radius 1 is 0.356 bits per heavy atom. The highest BCUT2D eigenvalue weighted by Crippen LogP contribution is 2.33. The third-order valence-electron chi connectivity index (χ3n) is 20.0. The van der Waals surface area contributed by atoms with Crippen molar-refractivity contribution in [3.05, 3.63) is 72.9 Å². The first-order chi connectivity index (χ1) is 49.3. The smallest absolute Gasteiger partial charge is 0.220 e. The molecular weight excluding hydrogens is 1290 g/mol. The fourth-order valence-corrected chi connectivity index (χ4v) is 13.4. The molecule has 0 aromatic carbocycles. The third kappa shape index (κ3) is 42.4. The summed E-state index contributed by atoms with van der Waals surface area (Å²) in [5.74, 6) is -0.293. The molecule has 1 amide bonds. The van der Waals surface area contributed by atoms with E-state index in [-0.39, 0.29) is 18.9 Å². The van der Waals surface area contributed by atoms with Crippen molar-refractivity contribution in [2.24, 2.45) is 0 Å². The van der Waals surface area contributed by atoms with Crippen molar-refractivity contribution in [3.63, 3.8) is 0 Å². The number of ether oxygens (including phenoxy) is 6. The van der Waals surface area contributed by atoms with Gasteiger partial charge in [-0.3, -0.25) is 4.79 Å². The largest absolute Gasteiger partial charge is 0.394 e. The van der Waals surface area contributed by atoms with Gasteiger partial charge in [-0.05, 0) is 83.5 Å². The van der Waals surface area contributed by atoms with E-state index in [4.69, 9.17) is 28.4 Å². The summed E-state index contributed by atoms with van der Waals surface area (Å²) in [5, 5.41) is 121. The Kier molecular flexibility index (Phi) is 57.0. The molecule has 12 N–H and O–H groups in total. The lowest BCUT2D eigenvalue weighted by Gasteiger charge is -2.48. The normalized spacial score (nSPS) is 26.7. The first kappa shape index (κ1) is 92.4. The predicted molar refractivity (Wildman–Crippen MR) is 401 cm³/mol. The van der Waals surface area contributed by atoms with Gasteiger partial charge < -0.3 is 89.9 Å². The second-order valence-corrected chi connectivity index (χ2v) is 28.9. The maximum Gasteiger partial charge on any atom is 0.220 e. The number of unbranched alkanes of at least 4 members (excludes halogenated alkanes) is 38. The molecule has 19 nitrogen and oxygen atoms in total. The molecule has 3 fully saturated rings. The molecule has 588 valence electrons. The molecule has 0 saturated carbocycles. The summed E-state index contributed by atoms with van der Waals surface area (Å²) >= 11 is 0. The molecule has 3 heterocycles. The Hall–Kier alpha value is -2.77. The first-order valence-electron chi connectivity index (χ1n) is 40.7. The molecular formula is C82H147NO18. The lowest BCUT2D eigenvalue weighted by Crippen LogP contribution is -2.66. The van der Waals surface area contributed by atoms with Crippen LogP contribution in [0.3, 0.4) is 0 Å². The van der Waals surface area contributed by atoms with Crippen molar-refractivity contribution in [2.45, 2.75) is 413 Å². The molecule has 0 aliphatic carbocycles. The van der Waals surface area contributed by atoms with Crippen LogP contribution in [0.5, 0.6) is 0 Å². The van der Waals surface area contributed by atoms with Crippen molar-refractivity contribution in [2.75, 3.05) is 26.4 Å². The summed E-state index contributed by atoms with van der Waals surface area (Å²) in [5.41, 5.74) is 0. The summed E-state index contributed by atoms with van der Waals surface area (Å²) in [6, 6.07) is -1.00. The van der Waals surface area contributed by atoms with E-state index >= 15 is 0 Å². The molecule has 0 aromatic heterocycles. The summed E-state index contributed by atoms with van der Waals surface area (Å²) in [7, 11) is 0. The van der Waals surface area contributed by atoms with Crippen LogP contribution >= 0.6 is 0 Å². The zero-order valence-electron chi connectivity index (χ0n) is 62.9. The number of rotatable bonds is 64. The monoisotopic (exact) mass is 1430 g/mol. The Balaban J connectivity index is 1.40. The average Bonchev–Trinajstić information content (AvgIpc) is 0.782. The van der Waals surface area contributed by atoms with Gasteiger partial charge in [0.15, 0.2) is 18.9 Å². The van der Waals surface area contributed by atoms with E-state index in [2.05, 4.69) is 79.9 Å². The van der Waals surface area contributed by atoms with Gasteiger partial charge in [0.1, 0.15) is 73.2 Å². The lowest BCUT2D eigenvalue weighted by atomic mass is 9.96. The highest BCUT2D eigenvalue weighted by molar-refractivity contribution is 5.76. The highest BCUT2D eigenvalue weighted by atomic mass is 16.8. The molecule has 17 unspecified atom stereocenters. The number of carbonyl (C=O) groups is 1. The fourth-order valence-electron chi connectivity index (χ4n) is 13.4. The van der Waals surface area contributed by atoms with E-state index < -0.39 is 124 Å². The minimum Gasteiger partial charge on any atom is -0.394 e. The van der Waals surface area contributed by atoms with Crippen LogP contribution < -0.4 is 5.32 Å². The van der Waals surface area contributed by atoms with Gasteiger partial charge in [0, 0.05) is 6.42 Å². The highest BCUT2D eigenvalue weighted by Gasteiger charge is 2.54. The summed E-state index contributed by atoms with van der Waals surface area (Å²) < 4.78 is 34.4. The Morgan fingerprint density at radius 3 is 1.06 bits per heavy atom. The molecule has 101 heavy (non-hydrogen) atoms. The number of aliphatic hydroxyl groups excluding tert-OH is 11. The number of carbonyl (C=O) groups excluding carboxylic acids is 1. The summed E-state index contributed by atoms with van der Waals surface area (Å²) in [4.78, 5) is 13.5. The van der Waals surface area contributed by atoms with Crippen LogP contribution in [0.15, 0.2) is 72.9 Å². The average molecular weight is 1440 g/mol. The minimum atomic E-state index is -1.99. The Bertz CT molecular complexity index is 2110. The first-order valence-corrected chi connectivity index (χ1v) is 40.7. The zero-order valence-corrected chi connectivity index (χ0v) is 62.9. The maximum atomic E-state index is 13.5. The lowest BCUT2D eigenvalue weighted by molar-refractivity contribution is -0.379. The van der Waals surface area contributed by atoms with Crippen molar-refractivity contribution >= 4 is 5.91 Å². The molecule has 3 aliphatic rings. The van der Waals surface area contributed by atoms with E-state index in [1.807, 2.05) is 6.08 Å². The molecule has 17 atom stereocenters. The molecule has 3 rings (SSSR count). The number of aliphatic hydroxyl groups is 11. The van der Waals surface area contributed by atoms with Crippen LogP contribution in [-0.4, -0.2) is 193 Å². The van der Waals surface area contributed by atoms with Gasteiger partial charge in [-0.1, -0.05) is 292 Å². The topological polar surface area (TPSA) is 307 Å². The van der Waals surface area contributed by atoms with Gasteiger partial charge in [-0.25, -0.2) is 0 Å². The van der Waals surface area contributed by atoms with E-state index in [0.717, 1.165) is 70.6 Å².